The summed E-state index contributed by atoms with van der Waals surface area (Å²) in [6.07, 6.45) is 1.38. The molecule has 1 amide bonds. The van der Waals surface area contributed by atoms with Crippen molar-refractivity contribution in [1.29, 1.82) is 0 Å². The first-order valence-electron chi connectivity index (χ1n) is 6.76. The molecule has 0 aliphatic heterocycles. The highest BCUT2D eigenvalue weighted by molar-refractivity contribution is 5.79. The van der Waals surface area contributed by atoms with Gasteiger partial charge in [-0.1, -0.05) is 0 Å². The fraction of sp³-hybridized carbons (Fsp3) is 0.538. The van der Waals surface area contributed by atoms with E-state index in [4.69, 9.17) is 4.74 Å². The van der Waals surface area contributed by atoms with E-state index in [-0.39, 0.29) is 29.7 Å². The van der Waals surface area contributed by atoms with Gasteiger partial charge in [0.25, 0.3) is 5.56 Å². The van der Waals surface area contributed by atoms with Crippen molar-refractivity contribution in [2.24, 2.45) is 14.1 Å². The van der Waals surface area contributed by atoms with E-state index in [1.165, 1.54) is 29.6 Å². The first kappa shape index (κ1) is 16.0. The summed E-state index contributed by atoms with van der Waals surface area (Å²) < 4.78 is 8.65. The molecule has 2 heterocycles. The van der Waals surface area contributed by atoms with Gasteiger partial charge in [0.1, 0.15) is 6.54 Å². The van der Waals surface area contributed by atoms with Gasteiger partial charge in [-0.15, -0.1) is 0 Å². The monoisotopic (exact) mass is 309 g/mol. The van der Waals surface area contributed by atoms with Gasteiger partial charge in [0.05, 0.1) is 12.9 Å². The Morgan fingerprint density at radius 2 is 2.05 bits per heavy atom. The topological polar surface area (TPSA) is 100 Å². The lowest BCUT2D eigenvalue weighted by Gasteiger charge is -2.13. The summed E-state index contributed by atoms with van der Waals surface area (Å²) >= 11 is 0. The van der Waals surface area contributed by atoms with Crippen LogP contribution in [0.15, 0.2) is 15.9 Å². The average Bonchev–Trinajstić information content (AvgIpc) is 2.86. The molecule has 1 N–H and O–H groups in total. The highest BCUT2D eigenvalue weighted by Gasteiger charge is 2.16. The lowest BCUT2D eigenvalue weighted by molar-refractivity contribution is -0.122. The molecule has 0 radical (unpaired) electrons. The van der Waals surface area contributed by atoms with Crippen molar-refractivity contribution in [3.05, 3.63) is 27.2 Å². The van der Waals surface area contributed by atoms with E-state index in [0.29, 0.717) is 6.61 Å². The first-order valence-corrected chi connectivity index (χ1v) is 6.76. The molecule has 0 aliphatic rings. The Kier molecular flexibility index (Phi) is 4.45. The zero-order chi connectivity index (χ0) is 16.4. The van der Waals surface area contributed by atoms with Crippen LogP contribution in [0.1, 0.15) is 6.92 Å². The maximum Gasteiger partial charge on any atom is 0.332 e. The number of hydrogen-bond acceptors (Lipinski definition) is 5. The third kappa shape index (κ3) is 2.80. The number of imidazole rings is 1. The fourth-order valence-electron chi connectivity index (χ4n) is 2.28. The summed E-state index contributed by atoms with van der Waals surface area (Å²) in [4.78, 5) is 40.1. The Labute approximate surface area is 126 Å². The van der Waals surface area contributed by atoms with Gasteiger partial charge in [0.2, 0.25) is 5.91 Å². The summed E-state index contributed by atoms with van der Waals surface area (Å²) in [6.45, 7) is 2.15. The van der Waals surface area contributed by atoms with Gasteiger partial charge in [-0.25, -0.2) is 9.78 Å². The summed E-state index contributed by atoms with van der Waals surface area (Å²) in [5.74, 6) is -0.264. The van der Waals surface area contributed by atoms with Gasteiger partial charge in [0.15, 0.2) is 11.2 Å². The molecule has 1 unspecified atom stereocenters. The van der Waals surface area contributed by atoms with Crippen molar-refractivity contribution >= 4 is 17.1 Å². The molecule has 0 bridgehead atoms. The molecule has 2 aromatic rings. The SMILES string of the molecule is COCC(C)NC(=O)Cn1cnc2c1c(=O)n(C)c(=O)n2C. The number of ether oxygens (including phenoxy) is 1. The Bertz CT molecular complexity index is 816. The first-order chi connectivity index (χ1) is 10.4. The smallest absolute Gasteiger partial charge is 0.332 e. The van der Waals surface area contributed by atoms with Crippen LogP contribution in [-0.4, -0.2) is 44.4 Å². The molecule has 9 nitrogen and oxygen atoms in total. The van der Waals surface area contributed by atoms with Crippen molar-refractivity contribution in [2.75, 3.05) is 13.7 Å². The number of methoxy groups -OCH3 is 1. The average molecular weight is 309 g/mol. The summed E-state index contributed by atoms with van der Waals surface area (Å²) in [6, 6.07) is -0.139. The van der Waals surface area contributed by atoms with E-state index in [2.05, 4.69) is 10.3 Å². The van der Waals surface area contributed by atoms with Gasteiger partial charge in [-0.05, 0) is 6.92 Å². The van der Waals surface area contributed by atoms with E-state index < -0.39 is 11.2 Å². The van der Waals surface area contributed by atoms with Crippen LogP contribution >= 0.6 is 0 Å². The van der Waals surface area contributed by atoms with Gasteiger partial charge in [0, 0.05) is 27.2 Å². The lowest BCUT2D eigenvalue weighted by atomic mass is 10.3. The number of carbonyl (C=O) groups is 1. The minimum atomic E-state index is -0.478. The number of nitrogens with zero attached hydrogens (tertiary/aromatic N) is 4. The number of amides is 1. The molecule has 0 saturated heterocycles. The van der Waals surface area contributed by atoms with Crippen LogP contribution in [-0.2, 0) is 30.2 Å². The molecule has 22 heavy (non-hydrogen) atoms. The van der Waals surface area contributed by atoms with E-state index in [1.807, 2.05) is 6.92 Å². The maximum absolute atomic E-state index is 12.2. The second kappa shape index (κ2) is 6.14. The van der Waals surface area contributed by atoms with Crippen LogP contribution in [0.4, 0.5) is 0 Å². The van der Waals surface area contributed by atoms with Crippen molar-refractivity contribution in [3.8, 4) is 0 Å². The van der Waals surface area contributed by atoms with Crippen molar-refractivity contribution in [3.63, 3.8) is 0 Å². The van der Waals surface area contributed by atoms with Gasteiger partial charge in [-0.3, -0.25) is 18.7 Å². The van der Waals surface area contributed by atoms with E-state index >= 15 is 0 Å². The minimum Gasteiger partial charge on any atom is -0.383 e. The number of hydrogen-bond donors (Lipinski definition) is 1. The van der Waals surface area contributed by atoms with Crippen LogP contribution in [0.2, 0.25) is 0 Å². The summed E-state index contributed by atoms with van der Waals surface area (Å²) in [5.41, 5.74) is -0.459. The molecule has 1 atom stereocenters. The highest BCUT2D eigenvalue weighted by atomic mass is 16.5. The van der Waals surface area contributed by atoms with E-state index in [1.54, 1.807) is 7.11 Å². The van der Waals surface area contributed by atoms with Crippen LogP contribution in [0, 0.1) is 0 Å². The van der Waals surface area contributed by atoms with E-state index in [0.717, 1.165) is 4.57 Å². The Morgan fingerprint density at radius 3 is 2.68 bits per heavy atom. The van der Waals surface area contributed by atoms with Crippen LogP contribution in [0.3, 0.4) is 0 Å². The third-order valence-corrected chi connectivity index (χ3v) is 3.36. The molecule has 2 rings (SSSR count). The number of fused-ring (bicyclic) bond motifs is 1. The maximum atomic E-state index is 12.2. The molecular formula is C13H19N5O4. The standard InChI is InChI=1S/C13H19N5O4/c1-8(6-22-4)15-9(19)5-18-7-14-11-10(18)12(20)17(3)13(21)16(11)2/h7-8H,5-6H2,1-4H3,(H,15,19). The summed E-state index contributed by atoms with van der Waals surface area (Å²) in [7, 11) is 4.47. The minimum absolute atomic E-state index is 0.0575. The number of aromatic nitrogens is 4. The van der Waals surface area contributed by atoms with Gasteiger partial charge in [-0.2, -0.15) is 0 Å². The zero-order valence-electron chi connectivity index (χ0n) is 13.0. The van der Waals surface area contributed by atoms with Crippen LogP contribution < -0.4 is 16.6 Å². The summed E-state index contributed by atoms with van der Waals surface area (Å²) in [5, 5.41) is 2.75. The Balaban J connectivity index is 2.36. The Morgan fingerprint density at radius 1 is 1.36 bits per heavy atom. The Hall–Kier alpha value is -2.42. The van der Waals surface area contributed by atoms with Crippen LogP contribution in [0.5, 0.6) is 0 Å². The molecule has 0 aromatic carbocycles. The lowest BCUT2D eigenvalue weighted by Crippen LogP contribution is -2.39. The van der Waals surface area contributed by atoms with Gasteiger partial charge < -0.3 is 14.6 Å². The molecule has 9 heteroatoms. The van der Waals surface area contributed by atoms with Crippen molar-refractivity contribution < 1.29 is 9.53 Å². The van der Waals surface area contributed by atoms with E-state index in [9.17, 15) is 14.4 Å². The zero-order valence-corrected chi connectivity index (χ0v) is 13.0. The largest absolute Gasteiger partial charge is 0.383 e. The second-order valence-corrected chi connectivity index (χ2v) is 5.17. The molecule has 120 valence electrons. The molecular weight excluding hydrogens is 290 g/mol. The number of nitrogens with one attached hydrogen (secondary N) is 1. The molecule has 2 aromatic heterocycles. The predicted octanol–water partition coefficient (Wildman–Crippen LogP) is -1.42. The molecule has 0 spiro atoms. The van der Waals surface area contributed by atoms with Crippen LogP contribution in [0.25, 0.3) is 11.2 Å². The van der Waals surface area contributed by atoms with Crippen molar-refractivity contribution in [2.45, 2.75) is 19.5 Å². The fourth-order valence-corrected chi connectivity index (χ4v) is 2.28. The third-order valence-electron chi connectivity index (χ3n) is 3.36. The predicted molar refractivity (Wildman–Crippen MR) is 79.7 cm³/mol. The van der Waals surface area contributed by atoms with Gasteiger partial charge >= 0.3 is 5.69 Å². The number of carbonyl (C=O) groups excluding carboxylic acids is 1. The molecule has 0 fully saturated rings. The number of rotatable bonds is 5. The quantitative estimate of drug-likeness (QED) is 0.731. The molecule has 0 saturated carbocycles. The highest BCUT2D eigenvalue weighted by Crippen LogP contribution is 2.05. The normalized spacial score (nSPS) is 12.5. The molecule has 0 aliphatic carbocycles. The van der Waals surface area contributed by atoms with Crippen molar-refractivity contribution in [1.82, 2.24) is 24.0 Å². The number of aryl methyl sites for hydroxylation is 1. The second-order valence-electron chi connectivity index (χ2n) is 5.17.